The Bertz CT molecular complexity index is 1360. The fourth-order valence-corrected chi connectivity index (χ4v) is 3.57. The minimum atomic E-state index is -0.483. The lowest BCUT2D eigenvalue weighted by atomic mass is 10.2. The average molecular weight is 494 g/mol. The van der Waals surface area contributed by atoms with Crippen LogP contribution in [0.2, 0.25) is 0 Å². The van der Waals surface area contributed by atoms with Crippen LogP contribution in [0.5, 0.6) is 5.75 Å². The highest BCUT2D eigenvalue weighted by Gasteiger charge is 2.12. The number of carbonyl (C=O) groups excluding carboxylic acids is 1. The van der Waals surface area contributed by atoms with Crippen molar-refractivity contribution in [3.63, 3.8) is 0 Å². The van der Waals surface area contributed by atoms with Crippen LogP contribution in [-0.4, -0.2) is 22.9 Å². The normalized spacial score (nSPS) is 11.1. The highest BCUT2D eigenvalue weighted by molar-refractivity contribution is 9.10. The molecule has 3 aromatic carbocycles. The number of nitrogens with one attached hydrogen (secondary N) is 1. The molecule has 1 aromatic heterocycles. The predicted molar refractivity (Wildman–Crippen MR) is 124 cm³/mol. The number of nitrogens with zero attached hydrogens (tertiary/aromatic N) is 2. The minimum Gasteiger partial charge on any atom is -0.496 e. The van der Waals surface area contributed by atoms with E-state index in [0.717, 1.165) is 10.0 Å². The Kier molecular flexibility index (Phi) is 6.00. The zero-order valence-electron chi connectivity index (χ0n) is 16.7. The van der Waals surface area contributed by atoms with Crippen LogP contribution in [0.1, 0.15) is 5.56 Å². The molecule has 32 heavy (non-hydrogen) atoms. The van der Waals surface area contributed by atoms with Crippen LogP contribution >= 0.6 is 15.9 Å². The van der Waals surface area contributed by atoms with E-state index in [1.807, 2.05) is 18.2 Å². The summed E-state index contributed by atoms with van der Waals surface area (Å²) in [4.78, 5) is 27.2. The molecular formula is C23H16BrN3O5. The molecule has 8 nitrogen and oxygen atoms in total. The van der Waals surface area contributed by atoms with Gasteiger partial charge in [-0.3, -0.25) is 14.9 Å². The molecule has 1 heterocycles. The molecule has 0 saturated heterocycles. The molecule has 0 radical (unpaired) electrons. The molecule has 0 atom stereocenters. The first-order chi connectivity index (χ1) is 15.4. The Morgan fingerprint density at radius 2 is 2.03 bits per heavy atom. The van der Waals surface area contributed by atoms with Crippen molar-refractivity contribution < 1.29 is 18.9 Å². The van der Waals surface area contributed by atoms with E-state index in [-0.39, 0.29) is 11.6 Å². The molecule has 1 amide bonds. The van der Waals surface area contributed by atoms with E-state index in [0.29, 0.717) is 34.0 Å². The van der Waals surface area contributed by atoms with Gasteiger partial charge in [-0.15, -0.1) is 0 Å². The van der Waals surface area contributed by atoms with Crippen LogP contribution in [0.25, 0.3) is 28.6 Å². The van der Waals surface area contributed by atoms with Crippen molar-refractivity contribution in [1.82, 2.24) is 4.98 Å². The van der Waals surface area contributed by atoms with Crippen molar-refractivity contribution >= 4 is 50.4 Å². The van der Waals surface area contributed by atoms with Crippen molar-refractivity contribution in [1.29, 1.82) is 0 Å². The SMILES string of the molecule is COc1ccc(-c2nc3cc(NC(=O)/C=C/c4cccc([N+](=O)[O-])c4)ccc3o2)cc1Br. The molecule has 0 saturated carbocycles. The van der Waals surface area contributed by atoms with E-state index >= 15 is 0 Å². The third-order valence-corrected chi connectivity index (χ3v) is 5.18. The lowest BCUT2D eigenvalue weighted by molar-refractivity contribution is -0.384. The first-order valence-corrected chi connectivity index (χ1v) is 10.2. The Labute approximate surface area is 190 Å². The van der Waals surface area contributed by atoms with Gasteiger partial charge in [-0.1, -0.05) is 12.1 Å². The molecule has 0 bridgehead atoms. The summed E-state index contributed by atoms with van der Waals surface area (Å²) in [5.41, 5.74) is 3.01. The summed E-state index contributed by atoms with van der Waals surface area (Å²) in [5, 5.41) is 13.6. The van der Waals surface area contributed by atoms with Gasteiger partial charge in [0.25, 0.3) is 5.69 Å². The summed E-state index contributed by atoms with van der Waals surface area (Å²) in [6.07, 6.45) is 2.82. The molecule has 4 aromatic rings. The average Bonchev–Trinajstić information content (AvgIpc) is 3.21. The molecule has 0 unspecified atom stereocenters. The highest BCUT2D eigenvalue weighted by Crippen LogP contribution is 2.32. The first kappa shape index (κ1) is 21.3. The molecule has 160 valence electrons. The van der Waals surface area contributed by atoms with Crippen molar-refractivity contribution in [3.8, 4) is 17.2 Å². The number of benzene rings is 3. The second kappa shape index (κ2) is 9.03. The van der Waals surface area contributed by atoms with E-state index in [1.54, 1.807) is 37.4 Å². The number of aromatic nitrogens is 1. The number of nitro benzene ring substituents is 1. The second-order valence-corrected chi connectivity index (χ2v) is 7.58. The zero-order chi connectivity index (χ0) is 22.7. The standard InChI is InChI=1S/C23H16BrN3O5/c1-31-20-8-6-15(12-18(20)24)23-26-19-13-16(7-9-21(19)32-23)25-22(28)10-5-14-3-2-4-17(11-14)27(29)30/h2-13H,1H3,(H,25,28)/b10-5+. The summed E-state index contributed by atoms with van der Waals surface area (Å²) in [6, 6.07) is 16.7. The van der Waals surface area contributed by atoms with E-state index in [2.05, 4.69) is 26.2 Å². The number of non-ortho nitro benzene ring substituents is 1. The van der Waals surface area contributed by atoms with Gasteiger partial charge < -0.3 is 14.5 Å². The van der Waals surface area contributed by atoms with Crippen LogP contribution < -0.4 is 10.1 Å². The molecule has 0 aliphatic rings. The van der Waals surface area contributed by atoms with Crippen molar-refractivity contribution in [3.05, 3.63) is 86.9 Å². The molecule has 0 fully saturated rings. The van der Waals surface area contributed by atoms with Gasteiger partial charge in [0.15, 0.2) is 5.58 Å². The van der Waals surface area contributed by atoms with Gasteiger partial charge in [-0.05, 0) is 64.0 Å². The third-order valence-electron chi connectivity index (χ3n) is 4.56. The first-order valence-electron chi connectivity index (χ1n) is 9.41. The Hall–Kier alpha value is -3.98. The number of rotatable bonds is 6. The highest BCUT2D eigenvalue weighted by atomic mass is 79.9. The fourth-order valence-electron chi connectivity index (χ4n) is 3.03. The van der Waals surface area contributed by atoms with E-state index in [1.165, 1.54) is 24.3 Å². The van der Waals surface area contributed by atoms with Crippen molar-refractivity contribution in [2.75, 3.05) is 12.4 Å². The van der Waals surface area contributed by atoms with E-state index in [4.69, 9.17) is 9.15 Å². The van der Waals surface area contributed by atoms with Crippen LogP contribution in [0.4, 0.5) is 11.4 Å². The van der Waals surface area contributed by atoms with Gasteiger partial charge in [0.2, 0.25) is 11.8 Å². The monoisotopic (exact) mass is 493 g/mol. The molecule has 0 spiro atoms. The number of carbonyl (C=O) groups is 1. The fraction of sp³-hybridized carbons (Fsp3) is 0.0435. The zero-order valence-corrected chi connectivity index (χ0v) is 18.3. The maximum Gasteiger partial charge on any atom is 0.270 e. The van der Waals surface area contributed by atoms with E-state index < -0.39 is 4.92 Å². The molecule has 0 aliphatic heterocycles. The summed E-state index contributed by atoms with van der Waals surface area (Å²) in [5.74, 6) is 0.768. The quantitative estimate of drug-likeness (QED) is 0.205. The minimum absolute atomic E-state index is 0.0382. The lowest BCUT2D eigenvalue weighted by Crippen LogP contribution is -2.07. The molecule has 0 aliphatic carbocycles. The summed E-state index contributed by atoms with van der Waals surface area (Å²) in [7, 11) is 1.59. The van der Waals surface area contributed by atoms with Crippen molar-refractivity contribution in [2.24, 2.45) is 0 Å². The summed E-state index contributed by atoms with van der Waals surface area (Å²) >= 11 is 3.45. The van der Waals surface area contributed by atoms with Gasteiger partial charge in [-0.2, -0.15) is 0 Å². The number of ether oxygens (including phenoxy) is 1. The number of amides is 1. The molecule has 9 heteroatoms. The van der Waals surface area contributed by atoms with Crippen LogP contribution in [0.15, 0.2) is 75.6 Å². The predicted octanol–water partition coefficient (Wildman–Crippen LogP) is 5.83. The van der Waals surface area contributed by atoms with E-state index in [9.17, 15) is 14.9 Å². The molecule has 1 N–H and O–H groups in total. The lowest BCUT2D eigenvalue weighted by Gasteiger charge is -2.03. The number of nitro groups is 1. The van der Waals surface area contributed by atoms with Crippen molar-refractivity contribution in [2.45, 2.75) is 0 Å². The number of methoxy groups -OCH3 is 1. The largest absolute Gasteiger partial charge is 0.496 e. The number of anilines is 1. The van der Waals surface area contributed by atoms with Gasteiger partial charge in [0.1, 0.15) is 11.3 Å². The number of halogens is 1. The molecular weight excluding hydrogens is 478 g/mol. The van der Waals surface area contributed by atoms with Crippen LogP contribution in [-0.2, 0) is 4.79 Å². The maximum absolute atomic E-state index is 12.3. The Morgan fingerprint density at radius 3 is 2.78 bits per heavy atom. The smallest absolute Gasteiger partial charge is 0.270 e. The Balaban J connectivity index is 1.50. The number of hydrogen-bond acceptors (Lipinski definition) is 6. The third kappa shape index (κ3) is 4.68. The Morgan fingerprint density at radius 1 is 1.19 bits per heavy atom. The van der Waals surface area contributed by atoms with Gasteiger partial charge in [0.05, 0.1) is 16.5 Å². The second-order valence-electron chi connectivity index (χ2n) is 6.73. The molecule has 4 rings (SSSR count). The van der Waals surface area contributed by atoms with Crippen LogP contribution in [0, 0.1) is 10.1 Å². The van der Waals surface area contributed by atoms with Gasteiger partial charge in [0, 0.05) is 29.5 Å². The topological polar surface area (TPSA) is 108 Å². The number of fused-ring (bicyclic) bond motifs is 1. The maximum atomic E-state index is 12.3. The summed E-state index contributed by atoms with van der Waals surface area (Å²) < 4.78 is 11.8. The number of oxazole rings is 1. The number of hydrogen-bond donors (Lipinski definition) is 1. The van der Waals surface area contributed by atoms with Gasteiger partial charge in [-0.25, -0.2) is 4.98 Å². The summed E-state index contributed by atoms with van der Waals surface area (Å²) in [6.45, 7) is 0. The van der Waals surface area contributed by atoms with Gasteiger partial charge >= 0.3 is 0 Å². The van der Waals surface area contributed by atoms with Crippen LogP contribution in [0.3, 0.4) is 0 Å².